The van der Waals surface area contributed by atoms with Gasteiger partial charge in [-0.15, -0.1) is 0 Å². The van der Waals surface area contributed by atoms with Crippen LogP contribution in [0.2, 0.25) is 0 Å². The number of nitrogens with zero attached hydrogens (tertiary/aromatic N) is 2. The Balaban J connectivity index is 1.18. The minimum Gasteiger partial charge on any atom is -0.372 e. The Labute approximate surface area is 181 Å². The molecule has 4 aliphatic carbocycles. The van der Waals surface area contributed by atoms with Crippen LogP contribution in [0.5, 0.6) is 0 Å². The Morgan fingerprint density at radius 3 is 2.10 bits per heavy atom. The molecule has 2 nitrogen and oxygen atoms in total. The van der Waals surface area contributed by atoms with Gasteiger partial charge >= 0.3 is 0 Å². The molecule has 156 valence electrons. The number of aliphatic imine (C=N–C) groups is 1. The van der Waals surface area contributed by atoms with Gasteiger partial charge in [-0.05, 0) is 122 Å². The largest absolute Gasteiger partial charge is 0.372 e. The van der Waals surface area contributed by atoms with Crippen LogP contribution >= 0.6 is 0 Å². The lowest BCUT2D eigenvalue weighted by molar-refractivity contribution is -0.00518. The molecule has 4 saturated carbocycles. The third-order valence-electron chi connectivity index (χ3n) is 8.60. The molecule has 0 spiro atoms. The van der Waals surface area contributed by atoms with Crippen LogP contribution in [-0.4, -0.2) is 19.3 Å². The molecule has 0 amide bonds. The van der Waals surface area contributed by atoms with Crippen molar-refractivity contribution in [1.29, 1.82) is 0 Å². The molecule has 1 aliphatic heterocycles. The number of rotatable bonds is 4. The van der Waals surface area contributed by atoms with Gasteiger partial charge in [0, 0.05) is 25.0 Å². The van der Waals surface area contributed by atoms with Gasteiger partial charge in [-0.3, -0.25) is 4.99 Å². The summed E-state index contributed by atoms with van der Waals surface area (Å²) in [7, 11) is 0. The molecule has 0 radical (unpaired) electrons. The number of hydrogen-bond acceptors (Lipinski definition) is 2. The second-order valence-electron chi connectivity index (χ2n) is 10.7. The highest BCUT2D eigenvalue weighted by Crippen LogP contribution is 2.60. The maximum Gasteiger partial charge on any atom is 0.0630 e. The Morgan fingerprint density at radius 1 is 0.867 bits per heavy atom. The van der Waals surface area contributed by atoms with Crippen LogP contribution in [-0.2, 0) is 5.41 Å². The van der Waals surface area contributed by atoms with E-state index in [4.69, 9.17) is 4.99 Å². The van der Waals surface area contributed by atoms with E-state index in [0.29, 0.717) is 5.41 Å². The predicted molar refractivity (Wildman–Crippen MR) is 126 cm³/mol. The first-order valence-electron chi connectivity index (χ1n) is 12.2. The molecule has 0 aromatic heterocycles. The fourth-order valence-corrected chi connectivity index (χ4v) is 7.49. The Bertz CT molecular complexity index is 914. The van der Waals surface area contributed by atoms with Crippen molar-refractivity contribution in [3.8, 4) is 0 Å². The molecule has 5 aliphatic rings. The van der Waals surface area contributed by atoms with Crippen molar-refractivity contribution in [2.75, 3.05) is 18.0 Å². The van der Waals surface area contributed by atoms with Crippen molar-refractivity contribution < 1.29 is 0 Å². The Morgan fingerprint density at radius 2 is 1.50 bits per heavy atom. The van der Waals surface area contributed by atoms with Gasteiger partial charge in [0.05, 0.1) is 5.69 Å². The van der Waals surface area contributed by atoms with Gasteiger partial charge in [-0.25, -0.2) is 0 Å². The lowest BCUT2D eigenvalue weighted by Gasteiger charge is -2.57. The summed E-state index contributed by atoms with van der Waals surface area (Å²) in [4.78, 5) is 7.31. The van der Waals surface area contributed by atoms with E-state index < -0.39 is 0 Å². The molecule has 2 aromatic carbocycles. The van der Waals surface area contributed by atoms with Gasteiger partial charge in [0.15, 0.2) is 0 Å². The first-order chi connectivity index (χ1) is 14.7. The van der Waals surface area contributed by atoms with Gasteiger partial charge < -0.3 is 4.90 Å². The van der Waals surface area contributed by atoms with Crippen molar-refractivity contribution in [1.82, 2.24) is 0 Å². The highest BCUT2D eigenvalue weighted by atomic mass is 15.1. The highest BCUT2D eigenvalue weighted by Gasteiger charge is 2.51. The summed E-state index contributed by atoms with van der Waals surface area (Å²) < 4.78 is 0. The molecule has 4 bridgehead atoms. The van der Waals surface area contributed by atoms with E-state index in [2.05, 4.69) is 54.3 Å². The molecule has 0 N–H and O–H groups in total. The maximum absolute atomic E-state index is 4.81. The molecule has 0 unspecified atom stereocenters. The second-order valence-corrected chi connectivity index (χ2v) is 10.7. The van der Waals surface area contributed by atoms with E-state index in [0.717, 1.165) is 23.4 Å². The van der Waals surface area contributed by atoms with E-state index >= 15 is 0 Å². The molecule has 1 heterocycles. The van der Waals surface area contributed by atoms with Crippen molar-refractivity contribution >= 4 is 17.6 Å². The predicted octanol–water partition coefficient (Wildman–Crippen LogP) is 6.81. The molecule has 2 aromatic rings. The lowest BCUT2D eigenvalue weighted by atomic mass is 9.48. The topological polar surface area (TPSA) is 15.6 Å². The van der Waals surface area contributed by atoms with Crippen LogP contribution in [0, 0.1) is 24.7 Å². The Hall–Kier alpha value is -2.09. The summed E-state index contributed by atoms with van der Waals surface area (Å²) in [6.07, 6.45) is 13.5. The summed E-state index contributed by atoms with van der Waals surface area (Å²) in [5, 5.41) is 0. The fourth-order valence-electron chi connectivity index (χ4n) is 7.49. The molecule has 0 atom stereocenters. The van der Waals surface area contributed by atoms with Crippen molar-refractivity contribution in [3.63, 3.8) is 0 Å². The van der Waals surface area contributed by atoms with Gasteiger partial charge in [-0.1, -0.05) is 18.2 Å². The number of benzene rings is 2. The highest BCUT2D eigenvalue weighted by molar-refractivity contribution is 5.84. The number of anilines is 1. The van der Waals surface area contributed by atoms with Gasteiger partial charge in [0.1, 0.15) is 0 Å². The van der Waals surface area contributed by atoms with E-state index in [9.17, 15) is 0 Å². The lowest BCUT2D eigenvalue weighted by Crippen LogP contribution is -2.48. The van der Waals surface area contributed by atoms with Crippen LogP contribution in [0.25, 0.3) is 0 Å². The smallest absolute Gasteiger partial charge is 0.0630 e. The zero-order valence-corrected chi connectivity index (χ0v) is 18.3. The zero-order valence-electron chi connectivity index (χ0n) is 18.3. The monoisotopic (exact) mass is 398 g/mol. The SMILES string of the molecule is Cc1cc(N2CCCC2)ccc1C=Nc1ccc(C23CC4CC(CC(C4)C2)C3)cc1. The first-order valence-corrected chi connectivity index (χ1v) is 12.2. The molecule has 5 fully saturated rings. The Kier molecular flexibility index (Phi) is 4.51. The van der Waals surface area contributed by atoms with E-state index in [1.807, 2.05) is 6.21 Å². The minimum absolute atomic E-state index is 0.485. The van der Waals surface area contributed by atoms with Crippen molar-refractivity contribution in [3.05, 3.63) is 59.2 Å². The summed E-state index contributed by atoms with van der Waals surface area (Å²) in [5.74, 6) is 3.00. The van der Waals surface area contributed by atoms with Gasteiger partial charge in [-0.2, -0.15) is 0 Å². The minimum atomic E-state index is 0.485. The average molecular weight is 399 g/mol. The van der Waals surface area contributed by atoms with Crippen molar-refractivity contribution in [2.45, 2.75) is 63.7 Å². The molecule has 1 saturated heterocycles. The summed E-state index contributed by atoms with van der Waals surface area (Å²) in [5.41, 5.74) is 7.05. The maximum atomic E-state index is 4.81. The molecule has 7 rings (SSSR count). The third kappa shape index (κ3) is 3.29. The quantitative estimate of drug-likeness (QED) is 0.516. The van der Waals surface area contributed by atoms with E-state index in [-0.39, 0.29) is 0 Å². The third-order valence-corrected chi connectivity index (χ3v) is 8.60. The molecule has 30 heavy (non-hydrogen) atoms. The van der Waals surface area contributed by atoms with E-state index in [1.54, 1.807) is 5.56 Å². The normalized spacial score (nSPS) is 32.4. The van der Waals surface area contributed by atoms with Crippen LogP contribution < -0.4 is 4.90 Å². The van der Waals surface area contributed by atoms with Gasteiger partial charge in [0.25, 0.3) is 0 Å². The van der Waals surface area contributed by atoms with Crippen LogP contribution in [0.3, 0.4) is 0 Å². The second kappa shape index (κ2) is 7.25. The standard InChI is InChI=1S/C28H34N2/c1-20-12-27(30-10-2-3-11-30)9-4-24(20)19-29-26-7-5-25(6-8-26)28-16-21-13-22(17-28)15-23(14-21)18-28/h4-9,12,19,21-23H,2-3,10-11,13-18H2,1H3. The molecular weight excluding hydrogens is 364 g/mol. The average Bonchev–Trinajstić information content (AvgIpc) is 3.27. The summed E-state index contributed by atoms with van der Waals surface area (Å²) in [6.45, 7) is 4.60. The molecule has 2 heteroatoms. The molecular formula is C28H34N2. The van der Waals surface area contributed by atoms with E-state index in [1.165, 1.54) is 81.3 Å². The van der Waals surface area contributed by atoms with Crippen LogP contribution in [0.15, 0.2) is 47.5 Å². The fraction of sp³-hybridized carbons (Fsp3) is 0.536. The van der Waals surface area contributed by atoms with Gasteiger partial charge in [0.2, 0.25) is 0 Å². The number of hydrogen-bond donors (Lipinski definition) is 0. The summed E-state index contributed by atoms with van der Waals surface area (Å²) in [6, 6.07) is 16.1. The van der Waals surface area contributed by atoms with Crippen LogP contribution in [0.4, 0.5) is 11.4 Å². The number of aryl methyl sites for hydroxylation is 1. The van der Waals surface area contributed by atoms with Crippen molar-refractivity contribution in [2.24, 2.45) is 22.7 Å². The zero-order chi connectivity index (χ0) is 20.1. The summed E-state index contributed by atoms with van der Waals surface area (Å²) >= 11 is 0. The van der Waals surface area contributed by atoms with Crippen LogP contribution in [0.1, 0.15) is 68.1 Å². The first kappa shape index (κ1) is 18.7.